The van der Waals surface area contributed by atoms with Crippen LogP contribution >= 0.6 is 0 Å². The van der Waals surface area contributed by atoms with E-state index in [-0.39, 0.29) is 24.1 Å². The van der Waals surface area contributed by atoms with E-state index in [4.69, 9.17) is 14.8 Å². The highest BCUT2D eigenvalue weighted by Gasteiger charge is 2.31. The van der Waals surface area contributed by atoms with Gasteiger partial charge in [-0.05, 0) is 61.2 Å². The summed E-state index contributed by atoms with van der Waals surface area (Å²) in [5.74, 6) is 1.58. The number of rotatable bonds is 4. The lowest BCUT2D eigenvalue weighted by molar-refractivity contribution is 0.0848. The summed E-state index contributed by atoms with van der Waals surface area (Å²) in [5.41, 5.74) is 3.83. The maximum Gasteiger partial charge on any atom is 0.407 e. The Hall–Kier alpha value is -4.14. The Bertz CT molecular complexity index is 1360. The highest BCUT2D eigenvalue weighted by atomic mass is 19.1. The molecule has 4 aliphatic rings. The Morgan fingerprint density at radius 3 is 2.72 bits per heavy atom. The molecule has 2 fully saturated rings. The summed E-state index contributed by atoms with van der Waals surface area (Å²) < 4.78 is 19.4. The molecule has 2 aromatic rings. The zero-order valence-electron chi connectivity index (χ0n) is 22.1. The van der Waals surface area contributed by atoms with Crippen molar-refractivity contribution in [2.75, 3.05) is 31.6 Å². The van der Waals surface area contributed by atoms with Crippen LogP contribution in [0.5, 0.6) is 0 Å². The molecule has 0 spiro atoms. The van der Waals surface area contributed by atoms with Crippen molar-refractivity contribution in [3.8, 4) is 0 Å². The molecule has 0 unspecified atom stereocenters. The molecule has 4 aliphatic heterocycles. The van der Waals surface area contributed by atoms with Gasteiger partial charge in [-0.2, -0.15) is 0 Å². The quantitative estimate of drug-likeness (QED) is 0.589. The maximum absolute atomic E-state index is 14.0. The number of aromatic nitrogens is 1. The summed E-state index contributed by atoms with van der Waals surface area (Å²) in [6.45, 7) is 2.42. The summed E-state index contributed by atoms with van der Waals surface area (Å²) in [6, 6.07) is 13.1. The Kier molecular flexibility index (Phi) is 7.04. The second-order valence-electron chi connectivity index (χ2n) is 10.2. The highest BCUT2D eigenvalue weighted by Crippen LogP contribution is 2.36. The van der Waals surface area contributed by atoms with Gasteiger partial charge in [-0.1, -0.05) is 30.4 Å². The largest absolute Gasteiger partial charge is 0.446 e. The van der Waals surface area contributed by atoms with Crippen molar-refractivity contribution < 1.29 is 13.9 Å². The van der Waals surface area contributed by atoms with Gasteiger partial charge in [0.1, 0.15) is 23.6 Å². The van der Waals surface area contributed by atoms with E-state index >= 15 is 0 Å². The van der Waals surface area contributed by atoms with Crippen molar-refractivity contribution in [3.63, 3.8) is 0 Å². The SMILES string of the molecule is CNC(=O)OC1CCN(c2cccc(C3=CCC=C4C=CC(N5CCC[C@@H]5c5cccc(F)c5)=NN43)n2)CC1. The molecule has 1 aromatic carbocycles. The van der Waals surface area contributed by atoms with Crippen LogP contribution in [0.3, 0.4) is 0 Å². The number of pyridine rings is 1. The number of benzene rings is 1. The fourth-order valence-corrected chi connectivity index (χ4v) is 5.77. The van der Waals surface area contributed by atoms with Gasteiger partial charge in [-0.25, -0.2) is 19.2 Å². The van der Waals surface area contributed by atoms with Crippen LogP contribution in [0.1, 0.15) is 49.4 Å². The molecule has 1 amide bonds. The van der Waals surface area contributed by atoms with E-state index in [1.54, 1.807) is 19.2 Å². The average Bonchev–Trinajstić information content (AvgIpc) is 3.47. The van der Waals surface area contributed by atoms with Crippen LogP contribution in [0, 0.1) is 5.82 Å². The second kappa shape index (κ2) is 10.9. The van der Waals surface area contributed by atoms with Gasteiger partial charge in [0.15, 0.2) is 0 Å². The molecular formula is C30H33FN6O2. The minimum absolute atomic E-state index is 0.0761. The Balaban J connectivity index is 1.21. The van der Waals surface area contributed by atoms with Gasteiger partial charge >= 0.3 is 6.09 Å². The molecule has 1 N–H and O–H groups in total. The number of hydrogen-bond donors (Lipinski definition) is 1. The molecule has 1 atom stereocenters. The third-order valence-electron chi connectivity index (χ3n) is 7.74. The first-order chi connectivity index (χ1) is 19.1. The summed E-state index contributed by atoms with van der Waals surface area (Å²) in [4.78, 5) is 21.1. The van der Waals surface area contributed by atoms with Crippen LogP contribution in [0.2, 0.25) is 0 Å². The first-order valence-electron chi connectivity index (χ1n) is 13.7. The minimum Gasteiger partial charge on any atom is -0.446 e. The Morgan fingerprint density at radius 2 is 1.90 bits per heavy atom. The Morgan fingerprint density at radius 1 is 1.05 bits per heavy atom. The number of nitrogens with one attached hydrogen (secondary N) is 1. The predicted molar refractivity (Wildman–Crippen MR) is 149 cm³/mol. The van der Waals surface area contributed by atoms with Crippen molar-refractivity contribution in [2.24, 2.45) is 5.10 Å². The lowest BCUT2D eigenvalue weighted by Gasteiger charge is -2.34. The van der Waals surface area contributed by atoms with E-state index in [0.29, 0.717) is 0 Å². The third-order valence-corrected chi connectivity index (χ3v) is 7.74. The summed E-state index contributed by atoms with van der Waals surface area (Å²) in [5, 5.41) is 9.58. The van der Waals surface area contributed by atoms with E-state index in [9.17, 15) is 9.18 Å². The zero-order chi connectivity index (χ0) is 26.8. The first-order valence-corrected chi connectivity index (χ1v) is 13.7. The number of carbonyl (C=O) groups excluding carboxylic acids is 1. The predicted octanol–water partition coefficient (Wildman–Crippen LogP) is 5.20. The van der Waals surface area contributed by atoms with Gasteiger partial charge in [0, 0.05) is 39.5 Å². The van der Waals surface area contributed by atoms with Gasteiger partial charge in [0.05, 0.1) is 23.1 Å². The van der Waals surface area contributed by atoms with Crippen LogP contribution in [0.25, 0.3) is 5.70 Å². The molecule has 6 rings (SSSR count). The van der Waals surface area contributed by atoms with Crippen molar-refractivity contribution in [2.45, 2.75) is 44.2 Å². The molecule has 9 heteroatoms. The molecule has 5 heterocycles. The number of amidine groups is 1. The van der Waals surface area contributed by atoms with Gasteiger partial charge in [0.2, 0.25) is 0 Å². The smallest absolute Gasteiger partial charge is 0.407 e. The van der Waals surface area contributed by atoms with Crippen molar-refractivity contribution >= 4 is 23.4 Å². The number of hydrazone groups is 1. The summed E-state index contributed by atoms with van der Waals surface area (Å²) >= 11 is 0. The molecule has 0 saturated carbocycles. The van der Waals surface area contributed by atoms with E-state index in [2.05, 4.69) is 39.4 Å². The molecule has 202 valence electrons. The molecule has 8 nitrogen and oxygen atoms in total. The van der Waals surface area contributed by atoms with Crippen molar-refractivity contribution in [1.82, 2.24) is 20.2 Å². The molecule has 39 heavy (non-hydrogen) atoms. The van der Waals surface area contributed by atoms with Gasteiger partial charge in [-0.3, -0.25) is 0 Å². The number of halogens is 1. The number of ether oxygens (including phenoxy) is 1. The van der Waals surface area contributed by atoms with E-state index in [1.165, 1.54) is 6.07 Å². The van der Waals surface area contributed by atoms with Crippen LogP contribution in [-0.4, -0.2) is 59.6 Å². The second-order valence-corrected chi connectivity index (χ2v) is 10.2. The van der Waals surface area contributed by atoms with E-state index in [0.717, 1.165) is 86.0 Å². The number of carbonyl (C=O) groups is 1. The van der Waals surface area contributed by atoms with Crippen LogP contribution in [-0.2, 0) is 4.74 Å². The fourth-order valence-electron chi connectivity index (χ4n) is 5.77. The van der Waals surface area contributed by atoms with Crippen LogP contribution < -0.4 is 10.2 Å². The van der Waals surface area contributed by atoms with Gasteiger partial charge < -0.3 is 19.9 Å². The maximum atomic E-state index is 14.0. The summed E-state index contributed by atoms with van der Waals surface area (Å²) in [7, 11) is 1.58. The molecule has 2 saturated heterocycles. The van der Waals surface area contributed by atoms with Crippen LogP contribution in [0.4, 0.5) is 15.0 Å². The normalized spacial score (nSPS) is 21.2. The van der Waals surface area contributed by atoms with Crippen LogP contribution in [0.15, 0.2) is 77.6 Å². The third kappa shape index (κ3) is 5.26. The van der Waals surface area contributed by atoms with Gasteiger partial charge in [-0.15, -0.1) is 5.10 Å². The number of nitrogens with zero attached hydrogens (tertiary/aromatic N) is 5. The molecular weight excluding hydrogens is 495 g/mol. The monoisotopic (exact) mass is 528 g/mol. The highest BCUT2D eigenvalue weighted by molar-refractivity contribution is 5.95. The molecule has 0 bridgehead atoms. The molecule has 1 aromatic heterocycles. The molecule has 0 radical (unpaired) electrons. The fraction of sp³-hybridized carbons (Fsp3) is 0.367. The number of alkyl carbamates (subject to hydrolysis) is 1. The number of hydrogen-bond acceptors (Lipinski definition) is 7. The number of allylic oxidation sites excluding steroid dienone is 3. The lowest BCUT2D eigenvalue weighted by atomic mass is 10.0. The van der Waals surface area contributed by atoms with E-state index in [1.807, 2.05) is 29.3 Å². The minimum atomic E-state index is -0.381. The topological polar surface area (TPSA) is 73.3 Å². The molecule has 0 aliphatic carbocycles. The number of piperidine rings is 1. The van der Waals surface area contributed by atoms with Crippen molar-refractivity contribution in [1.29, 1.82) is 0 Å². The number of amides is 1. The number of anilines is 1. The summed E-state index contributed by atoms with van der Waals surface area (Å²) in [6.07, 6.45) is 12.4. The number of likely N-dealkylation sites (tertiary alicyclic amines) is 1. The average molecular weight is 529 g/mol. The number of fused-ring (bicyclic) bond motifs is 1. The zero-order valence-corrected chi connectivity index (χ0v) is 22.1. The van der Waals surface area contributed by atoms with Gasteiger partial charge in [0.25, 0.3) is 0 Å². The Labute approximate surface area is 228 Å². The first kappa shape index (κ1) is 25.2. The standard InChI is InChI=1S/C30H33FN6O2/c1-32-30(38)39-24-15-18-35(19-16-24)28-12-4-9-25(33-28)27-10-3-8-23-13-14-29(34-37(23)27)36-17-5-11-26(36)21-6-2-7-22(31)20-21/h2,4,6-10,12-14,20,24,26H,3,5,11,15-19H2,1H3,(H,32,38)/t26-/m1/s1. The lowest BCUT2D eigenvalue weighted by Crippen LogP contribution is -2.39. The van der Waals surface area contributed by atoms with E-state index < -0.39 is 0 Å². The van der Waals surface area contributed by atoms with Crippen molar-refractivity contribution in [3.05, 3.63) is 89.5 Å².